The number of fused-ring (bicyclic) bond motifs is 1. The van der Waals surface area contributed by atoms with Crippen LogP contribution >= 0.6 is 0 Å². The quantitative estimate of drug-likeness (QED) is 0.840. The fourth-order valence-corrected chi connectivity index (χ4v) is 2.75. The number of methoxy groups -OCH3 is 1. The summed E-state index contributed by atoms with van der Waals surface area (Å²) in [6.45, 7) is 2.16. The van der Waals surface area contributed by atoms with Crippen LogP contribution in [0.4, 0.5) is 13.2 Å². The fourth-order valence-electron chi connectivity index (χ4n) is 2.75. The van der Waals surface area contributed by atoms with Gasteiger partial charge in [0.05, 0.1) is 7.11 Å². The summed E-state index contributed by atoms with van der Waals surface area (Å²) >= 11 is 0. The van der Waals surface area contributed by atoms with Crippen molar-refractivity contribution < 1.29 is 22.6 Å². The molecule has 1 aliphatic rings. The van der Waals surface area contributed by atoms with Crippen LogP contribution in [0.3, 0.4) is 0 Å². The van der Waals surface area contributed by atoms with Crippen molar-refractivity contribution in [3.8, 4) is 11.5 Å². The van der Waals surface area contributed by atoms with E-state index in [1.807, 2.05) is 13.0 Å². The Kier molecular flexibility index (Phi) is 4.65. The van der Waals surface area contributed by atoms with Crippen molar-refractivity contribution in [1.29, 1.82) is 0 Å². The molecule has 7 heteroatoms. The van der Waals surface area contributed by atoms with Gasteiger partial charge in [-0.15, -0.1) is 0 Å². The zero-order valence-electron chi connectivity index (χ0n) is 13.9. The number of ether oxygens (including phenoxy) is 2. The average molecular weight is 350 g/mol. The smallest absolute Gasteiger partial charge is 0.433 e. The zero-order chi connectivity index (χ0) is 18.0. The third-order valence-corrected chi connectivity index (χ3v) is 3.92. The van der Waals surface area contributed by atoms with Gasteiger partial charge in [-0.1, -0.05) is 0 Å². The molecule has 0 radical (unpaired) electrons. The van der Waals surface area contributed by atoms with Crippen molar-refractivity contribution in [2.75, 3.05) is 13.7 Å². The van der Waals surface area contributed by atoms with E-state index >= 15 is 0 Å². The number of aliphatic imine (C=N–C) groups is 1. The van der Waals surface area contributed by atoms with Crippen molar-refractivity contribution in [2.24, 2.45) is 4.99 Å². The minimum absolute atomic E-state index is 0.123. The normalized spacial score (nSPS) is 13.9. The molecule has 0 bridgehead atoms. The van der Waals surface area contributed by atoms with Crippen LogP contribution in [0.25, 0.3) is 0 Å². The van der Waals surface area contributed by atoms with Gasteiger partial charge in [0.25, 0.3) is 0 Å². The van der Waals surface area contributed by atoms with Crippen LogP contribution in [-0.4, -0.2) is 30.5 Å². The van der Waals surface area contributed by atoms with Crippen LogP contribution in [0.15, 0.2) is 35.3 Å². The summed E-state index contributed by atoms with van der Waals surface area (Å²) in [5.74, 6) is 1.10. The number of pyridine rings is 1. The number of aromatic nitrogens is 1. The molecular weight excluding hydrogens is 333 g/mol. The summed E-state index contributed by atoms with van der Waals surface area (Å²) < 4.78 is 50.0. The molecule has 1 aliphatic heterocycles. The minimum Gasteiger partial charge on any atom is -0.495 e. The number of aryl methyl sites for hydroxylation is 1. The molecule has 0 fully saturated rings. The van der Waals surface area contributed by atoms with Crippen LogP contribution in [0.2, 0.25) is 0 Å². The van der Waals surface area contributed by atoms with Crippen LogP contribution < -0.4 is 9.47 Å². The number of benzene rings is 1. The van der Waals surface area contributed by atoms with Crippen LogP contribution in [0.1, 0.15) is 22.5 Å². The molecule has 0 saturated heterocycles. The predicted octanol–water partition coefficient (Wildman–Crippen LogP) is 3.89. The first kappa shape index (κ1) is 17.3. The topological polar surface area (TPSA) is 43.7 Å². The van der Waals surface area contributed by atoms with E-state index in [1.165, 1.54) is 12.1 Å². The van der Waals surface area contributed by atoms with Gasteiger partial charge in [0.2, 0.25) is 0 Å². The highest BCUT2D eigenvalue weighted by Gasteiger charge is 2.38. The molecule has 0 atom stereocenters. The summed E-state index contributed by atoms with van der Waals surface area (Å²) in [7, 11) is 1.55. The van der Waals surface area contributed by atoms with E-state index in [4.69, 9.17) is 9.47 Å². The lowest BCUT2D eigenvalue weighted by atomic mass is 9.97. The first-order valence-corrected chi connectivity index (χ1v) is 7.76. The number of hydrogen-bond acceptors (Lipinski definition) is 4. The minimum atomic E-state index is -4.45. The maximum Gasteiger partial charge on any atom is 0.433 e. The summed E-state index contributed by atoms with van der Waals surface area (Å²) in [6.07, 6.45) is -3.99. The second-order valence-electron chi connectivity index (χ2n) is 5.69. The Morgan fingerprint density at radius 1 is 1.16 bits per heavy atom. The summed E-state index contributed by atoms with van der Waals surface area (Å²) in [4.78, 5) is 7.99. The van der Waals surface area contributed by atoms with Crippen molar-refractivity contribution in [1.82, 2.24) is 4.98 Å². The van der Waals surface area contributed by atoms with Gasteiger partial charge in [-0.3, -0.25) is 9.98 Å². The van der Waals surface area contributed by atoms with Crippen molar-refractivity contribution >= 4 is 5.71 Å². The lowest BCUT2D eigenvalue weighted by Crippen LogP contribution is -2.28. The number of rotatable bonds is 4. The van der Waals surface area contributed by atoms with Crippen molar-refractivity contribution in [3.05, 3.63) is 52.8 Å². The average Bonchev–Trinajstić information content (AvgIpc) is 2.58. The third kappa shape index (κ3) is 3.75. The zero-order valence-corrected chi connectivity index (χ0v) is 13.9. The standard InChI is InChI=1S/C18H17F3N2O2/c1-11-3-6-16(24-2)15(23-11)10-25-13-4-5-14-12(9-13)7-8-22-17(14)18(19,20)21/h3-6,9H,7-8,10H2,1-2H3. The molecular formula is C18H17F3N2O2. The molecule has 1 aromatic heterocycles. The largest absolute Gasteiger partial charge is 0.495 e. The van der Waals surface area contributed by atoms with Crippen LogP contribution in [-0.2, 0) is 13.0 Å². The Morgan fingerprint density at radius 2 is 1.96 bits per heavy atom. The predicted molar refractivity (Wildman–Crippen MR) is 87.5 cm³/mol. The summed E-state index contributed by atoms with van der Waals surface area (Å²) in [5, 5.41) is 0. The number of alkyl halides is 3. The number of hydrogen-bond donors (Lipinski definition) is 0. The second kappa shape index (κ2) is 6.74. The lowest BCUT2D eigenvalue weighted by Gasteiger charge is -2.20. The highest BCUT2D eigenvalue weighted by atomic mass is 19.4. The molecule has 25 heavy (non-hydrogen) atoms. The van der Waals surface area contributed by atoms with E-state index in [2.05, 4.69) is 9.98 Å². The first-order valence-electron chi connectivity index (χ1n) is 7.76. The van der Waals surface area contributed by atoms with Gasteiger partial charge in [0.15, 0.2) is 0 Å². The van der Waals surface area contributed by atoms with Gasteiger partial charge < -0.3 is 9.47 Å². The fraction of sp³-hybridized carbons (Fsp3) is 0.333. The lowest BCUT2D eigenvalue weighted by molar-refractivity contribution is -0.0584. The molecule has 2 aromatic rings. The van der Waals surface area contributed by atoms with E-state index in [-0.39, 0.29) is 18.7 Å². The maximum atomic E-state index is 13.0. The van der Waals surface area contributed by atoms with E-state index in [0.29, 0.717) is 29.2 Å². The SMILES string of the molecule is COc1ccc(C)nc1COc1ccc2c(c1)CCN=C2C(F)(F)F. The van der Waals surface area contributed by atoms with E-state index < -0.39 is 11.9 Å². The molecule has 2 heterocycles. The molecule has 3 rings (SSSR count). The van der Waals surface area contributed by atoms with E-state index in [0.717, 1.165) is 5.69 Å². The monoisotopic (exact) mass is 350 g/mol. The second-order valence-corrected chi connectivity index (χ2v) is 5.69. The Labute approximate surface area is 143 Å². The molecule has 0 saturated carbocycles. The van der Waals surface area contributed by atoms with E-state index in [9.17, 15) is 13.2 Å². The van der Waals surface area contributed by atoms with Gasteiger partial charge >= 0.3 is 6.18 Å². The van der Waals surface area contributed by atoms with Gasteiger partial charge in [0.1, 0.15) is 29.5 Å². The molecule has 0 N–H and O–H groups in total. The molecule has 132 valence electrons. The Balaban J connectivity index is 1.80. The molecule has 1 aromatic carbocycles. The first-order chi connectivity index (χ1) is 11.9. The van der Waals surface area contributed by atoms with Crippen molar-refractivity contribution in [3.63, 3.8) is 0 Å². The van der Waals surface area contributed by atoms with Gasteiger partial charge in [-0.25, -0.2) is 0 Å². The highest BCUT2D eigenvalue weighted by Crippen LogP contribution is 2.30. The molecule has 0 aliphatic carbocycles. The summed E-state index contributed by atoms with van der Waals surface area (Å²) in [5.41, 5.74) is 1.36. The molecule has 0 unspecified atom stereocenters. The Bertz CT molecular complexity index is 816. The van der Waals surface area contributed by atoms with Crippen LogP contribution in [0.5, 0.6) is 11.5 Å². The Morgan fingerprint density at radius 3 is 2.68 bits per heavy atom. The van der Waals surface area contributed by atoms with Gasteiger partial charge in [0, 0.05) is 17.8 Å². The molecule has 0 spiro atoms. The summed E-state index contributed by atoms with van der Waals surface area (Å²) in [6, 6.07) is 8.21. The van der Waals surface area contributed by atoms with Crippen molar-refractivity contribution in [2.45, 2.75) is 26.1 Å². The Hall–Kier alpha value is -2.57. The molecule has 4 nitrogen and oxygen atoms in total. The van der Waals surface area contributed by atoms with Gasteiger partial charge in [-0.2, -0.15) is 13.2 Å². The van der Waals surface area contributed by atoms with E-state index in [1.54, 1.807) is 19.2 Å². The third-order valence-electron chi connectivity index (χ3n) is 3.92. The van der Waals surface area contributed by atoms with Gasteiger partial charge in [-0.05, 0) is 49.2 Å². The highest BCUT2D eigenvalue weighted by molar-refractivity contribution is 6.06. The molecule has 0 amide bonds. The number of nitrogens with zero attached hydrogens (tertiary/aromatic N) is 2. The van der Waals surface area contributed by atoms with Crippen LogP contribution in [0, 0.1) is 6.92 Å². The maximum absolute atomic E-state index is 13.0. The number of halogens is 3.